The molecule has 0 aromatic carbocycles. The predicted octanol–water partition coefficient (Wildman–Crippen LogP) is 0.443. The quantitative estimate of drug-likeness (QED) is 0.451. The monoisotopic (exact) mass is 112 g/mol. The first-order valence-electron chi connectivity index (χ1n) is 2.94. The van der Waals surface area contributed by atoms with Crippen LogP contribution in [0.15, 0.2) is 0 Å². The van der Waals surface area contributed by atoms with Crippen LogP contribution in [0.1, 0.15) is 12.8 Å². The Kier molecular flexibility index (Phi) is 1.89. The number of amides is 1. The van der Waals surface area contributed by atoms with Gasteiger partial charge in [-0.05, 0) is 19.3 Å². The molecule has 1 rings (SSSR count). The summed E-state index contributed by atoms with van der Waals surface area (Å²) in [5.74, 6) is 0. The van der Waals surface area contributed by atoms with Crippen molar-refractivity contribution in [2.45, 2.75) is 12.8 Å². The molecule has 45 valence electrons. The molecule has 0 spiro atoms. The molecule has 2 heteroatoms. The lowest BCUT2D eigenvalue weighted by atomic mass is 10.1. The summed E-state index contributed by atoms with van der Waals surface area (Å²) in [5.41, 5.74) is 0. The highest BCUT2D eigenvalue weighted by molar-refractivity contribution is 5.47. The lowest BCUT2D eigenvalue weighted by Gasteiger charge is -2.21. The summed E-state index contributed by atoms with van der Waals surface area (Å²) in [6, 6.07) is 0. The van der Waals surface area contributed by atoms with Gasteiger partial charge >= 0.3 is 0 Å². The number of rotatable bonds is 1. The zero-order valence-electron chi connectivity index (χ0n) is 4.84. The van der Waals surface area contributed by atoms with Crippen molar-refractivity contribution < 1.29 is 4.79 Å². The van der Waals surface area contributed by atoms with Gasteiger partial charge in [0.15, 0.2) is 0 Å². The van der Waals surface area contributed by atoms with E-state index in [1.807, 2.05) is 0 Å². The number of carbonyl (C=O) groups excluding carboxylic acids is 1. The van der Waals surface area contributed by atoms with E-state index in [2.05, 4.69) is 6.42 Å². The van der Waals surface area contributed by atoms with Gasteiger partial charge in [-0.25, -0.2) is 0 Å². The molecule has 0 unspecified atom stereocenters. The van der Waals surface area contributed by atoms with Crippen LogP contribution in [0.2, 0.25) is 0 Å². The van der Waals surface area contributed by atoms with Crippen molar-refractivity contribution in [1.82, 2.24) is 4.90 Å². The minimum atomic E-state index is 0.851. The van der Waals surface area contributed by atoms with Gasteiger partial charge in [-0.2, -0.15) is 0 Å². The number of hydrogen-bond donors (Lipinski definition) is 0. The lowest BCUT2D eigenvalue weighted by Crippen LogP contribution is -2.28. The molecule has 0 bridgehead atoms. The average molecular weight is 112 g/mol. The second-order valence-electron chi connectivity index (χ2n) is 2.03. The van der Waals surface area contributed by atoms with Crippen molar-refractivity contribution in [3.63, 3.8) is 0 Å². The van der Waals surface area contributed by atoms with Gasteiger partial charge in [-0.1, -0.05) is 0 Å². The minimum Gasteiger partial charge on any atom is -0.345 e. The van der Waals surface area contributed by atoms with Gasteiger partial charge in [0, 0.05) is 13.1 Å². The summed E-state index contributed by atoms with van der Waals surface area (Å²) < 4.78 is 0. The van der Waals surface area contributed by atoms with Gasteiger partial charge in [0.1, 0.15) is 0 Å². The van der Waals surface area contributed by atoms with Crippen LogP contribution < -0.4 is 0 Å². The Morgan fingerprint density at radius 2 is 2.50 bits per heavy atom. The van der Waals surface area contributed by atoms with Crippen LogP contribution in [0.4, 0.5) is 0 Å². The first-order chi connectivity index (χ1) is 3.93. The molecule has 0 atom stereocenters. The van der Waals surface area contributed by atoms with Crippen LogP contribution in [0.3, 0.4) is 0 Å². The van der Waals surface area contributed by atoms with E-state index in [1.54, 1.807) is 4.90 Å². The molecule has 1 fully saturated rings. The third-order valence-electron chi connectivity index (χ3n) is 1.37. The average Bonchev–Trinajstić information content (AvgIpc) is 1.90. The van der Waals surface area contributed by atoms with Crippen LogP contribution in [0.5, 0.6) is 0 Å². The van der Waals surface area contributed by atoms with Crippen molar-refractivity contribution in [2.75, 3.05) is 13.1 Å². The van der Waals surface area contributed by atoms with Crippen molar-refractivity contribution in [3.8, 4) is 0 Å². The molecule has 1 saturated heterocycles. The van der Waals surface area contributed by atoms with Gasteiger partial charge < -0.3 is 4.90 Å². The molecule has 0 N–H and O–H groups in total. The van der Waals surface area contributed by atoms with Crippen LogP contribution in [0, 0.1) is 6.42 Å². The fraction of sp³-hybridized carbons (Fsp3) is 0.667. The second kappa shape index (κ2) is 2.70. The number of nitrogens with zero attached hydrogens (tertiary/aromatic N) is 1. The summed E-state index contributed by atoms with van der Waals surface area (Å²) in [5, 5.41) is 0. The van der Waals surface area contributed by atoms with Crippen LogP contribution >= 0.6 is 0 Å². The number of carbonyl (C=O) groups is 1. The Bertz CT molecular complexity index is 76.6. The van der Waals surface area contributed by atoms with Crippen molar-refractivity contribution >= 4 is 6.41 Å². The van der Waals surface area contributed by atoms with Crippen LogP contribution in [-0.2, 0) is 4.79 Å². The molecule has 1 amide bonds. The summed E-state index contributed by atoms with van der Waals surface area (Å²) in [4.78, 5) is 11.8. The molecule has 8 heavy (non-hydrogen) atoms. The second-order valence-corrected chi connectivity index (χ2v) is 2.03. The first-order valence-corrected chi connectivity index (χ1v) is 2.94. The van der Waals surface area contributed by atoms with E-state index >= 15 is 0 Å². The van der Waals surface area contributed by atoms with Gasteiger partial charge in [-0.15, -0.1) is 0 Å². The smallest absolute Gasteiger partial charge is 0.209 e. The Morgan fingerprint density at radius 1 is 1.62 bits per heavy atom. The van der Waals surface area contributed by atoms with Gasteiger partial charge in [0.2, 0.25) is 6.41 Å². The van der Waals surface area contributed by atoms with Crippen LogP contribution in [0.25, 0.3) is 0 Å². The maximum Gasteiger partial charge on any atom is 0.209 e. The SMILES string of the molecule is O=CN1C[CH]CCC1. The number of piperidine rings is 1. The Balaban J connectivity index is 2.22. The largest absolute Gasteiger partial charge is 0.345 e. The Labute approximate surface area is 49.5 Å². The molecule has 0 saturated carbocycles. The van der Waals surface area contributed by atoms with E-state index in [1.165, 1.54) is 6.42 Å². The van der Waals surface area contributed by atoms with E-state index in [0.717, 1.165) is 25.9 Å². The lowest BCUT2D eigenvalue weighted by molar-refractivity contribution is -0.118. The van der Waals surface area contributed by atoms with E-state index in [-0.39, 0.29) is 0 Å². The predicted molar refractivity (Wildman–Crippen MR) is 31.2 cm³/mol. The Hall–Kier alpha value is -0.530. The third-order valence-corrected chi connectivity index (χ3v) is 1.37. The fourth-order valence-electron chi connectivity index (χ4n) is 0.883. The maximum atomic E-state index is 10.1. The van der Waals surface area contributed by atoms with Gasteiger partial charge in [-0.3, -0.25) is 4.79 Å². The minimum absolute atomic E-state index is 0.851. The van der Waals surface area contributed by atoms with Crippen molar-refractivity contribution in [1.29, 1.82) is 0 Å². The normalized spacial score (nSPS) is 20.8. The highest BCUT2D eigenvalue weighted by Crippen LogP contribution is 2.04. The summed E-state index contributed by atoms with van der Waals surface area (Å²) in [6.45, 7) is 1.80. The fourth-order valence-corrected chi connectivity index (χ4v) is 0.883. The molecule has 1 heterocycles. The van der Waals surface area contributed by atoms with Gasteiger partial charge in [0.05, 0.1) is 0 Å². The standard InChI is InChI=1S/C6H10NO/c8-6-7-4-2-1-3-5-7/h2,6H,1,3-5H2. The zero-order valence-corrected chi connectivity index (χ0v) is 4.84. The molecule has 1 radical (unpaired) electrons. The topological polar surface area (TPSA) is 20.3 Å². The Morgan fingerprint density at radius 3 is 2.88 bits per heavy atom. The molecular formula is C6H10NO. The molecule has 0 aromatic rings. The molecular weight excluding hydrogens is 102 g/mol. The van der Waals surface area contributed by atoms with Crippen molar-refractivity contribution in [2.24, 2.45) is 0 Å². The molecule has 0 aromatic heterocycles. The first kappa shape index (κ1) is 5.60. The van der Waals surface area contributed by atoms with Crippen molar-refractivity contribution in [3.05, 3.63) is 6.42 Å². The zero-order chi connectivity index (χ0) is 5.82. The molecule has 0 aliphatic carbocycles. The van der Waals surface area contributed by atoms with E-state index in [4.69, 9.17) is 0 Å². The van der Waals surface area contributed by atoms with Crippen LogP contribution in [-0.4, -0.2) is 24.4 Å². The number of likely N-dealkylation sites (tertiary alicyclic amines) is 1. The summed E-state index contributed by atoms with van der Waals surface area (Å²) in [6.07, 6.45) is 5.36. The molecule has 2 nitrogen and oxygen atoms in total. The maximum absolute atomic E-state index is 10.1. The number of hydrogen-bond acceptors (Lipinski definition) is 1. The summed E-state index contributed by atoms with van der Waals surface area (Å²) in [7, 11) is 0. The molecule has 1 aliphatic rings. The summed E-state index contributed by atoms with van der Waals surface area (Å²) >= 11 is 0. The highest BCUT2D eigenvalue weighted by Gasteiger charge is 2.05. The molecule has 1 aliphatic heterocycles. The van der Waals surface area contributed by atoms with E-state index in [9.17, 15) is 4.79 Å². The van der Waals surface area contributed by atoms with Gasteiger partial charge in [0.25, 0.3) is 0 Å². The van der Waals surface area contributed by atoms with E-state index in [0.29, 0.717) is 0 Å². The third kappa shape index (κ3) is 1.22. The highest BCUT2D eigenvalue weighted by atomic mass is 16.1. The van der Waals surface area contributed by atoms with E-state index < -0.39 is 0 Å².